The molecule has 0 aliphatic carbocycles. The molecule has 0 radical (unpaired) electrons. The number of phenols is 1. The molecule has 0 atom stereocenters. The molecule has 1 aliphatic heterocycles. The number of fused-ring (bicyclic) bond motifs is 1. The first-order valence-electron chi connectivity index (χ1n) is 12.2. The maximum absolute atomic E-state index is 10.3. The summed E-state index contributed by atoms with van der Waals surface area (Å²) in [7, 11) is 0. The zero-order chi connectivity index (χ0) is 24.0. The van der Waals surface area contributed by atoms with E-state index in [1.807, 2.05) is 12.1 Å². The van der Waals surface area contributed by atoms with E-state index in [2.05, 4.69) is 81.5 Å². The van der Waals surface area contributed by atoms with E-state index in [0.29, 0.717) is 24.4 Å². The smallest absolute Gasteiger partial charge is 0.238 e. The Kier molecular flexibility index (Phi) is 7.12. The number of aromatic hydroxyl groups is 1. The van der Waals surface area contributed by atoms with E-state index >= 15 is 0 Å². The largest absolute Gasteiger partial charge is 0.506 e. The van der Waals surface area contributed by atoms with Gasteiger partial charge >= 0.3 is 0 Å². The Morgan fingerprint density at radius 3 is 2.11 bits per heavy atom. The molecule has 0 spiro atoms. The second-order valence-electron chi connectivity index (χ2n) is 8.83. The van der Waals surface area contributed by atoms with E-state index in [1.54, 1.807) is 6.07 Å². The monoisotopic (exact) mass is 469 g/mol. The lowest BCUT2D eigenvalue weighted by molar-refractivity contribution is 0.210. The first kappa shape index (κ1) is 23.1. The van der Waals surface area contributed by atoms with Crippen molar-refractivity contribution in [3.8, 4) is 11.6 Å². The molecule has 0 bridgehead atoms. The molecule has 5 rings (SSSR count). The van der Waals surface area contributed by atoms with Crippen LogP contribution < -0.4 is 9.64 Å². The number of aromatic nitrogens is 1. The van der Waals surface area contributed by atoms with Gasteiger partial charge in [-0.25, -0.2) is 4.98 Å². The van der Waals surface area contributed by atoms with Crippen molar-refractivity contribution in [2.75, 3.05) is 44.3 Å². The molecule has 1 aromatic heterocycles. The Hall–Kier alpha value is -3.61. The molecule has 180 valence electrons. The number of pyridine rings is 1. The standard InChI is InChI=1S/C29H31N3O3/c33-19-8-20-35-29-25(21-24-13-7-14-26(34)27(24)30-29)31-15-17-32(18-16-31)28(22-9-3-1-4-10-22)23-11-5-2-6-12-23/h1-7,9-14,21,28,33-34H,8,15-20H2. The van der Waals surface area contributed by atoms with E-state index in [0.717, 1.165) is 37.3 Å². The van der Waals surface area contributed by atoms with Gasteiger partial charge in [-0.3, -0.25) is 4.90 Å². The van der Waals surface area contributed by atoms with E-state index in [1.165, 1.54) is 11.1 Å². The third-order valence-corrected chi connectivity index (χ3v) is 6.56. The van der Waals surface area contributed by atoms with Crippen molar-refractivity contribution >= 4 is 16.6 Å². The lowest BCUT2D eigenvalue weighted by atomic mass is 9.96. The summed E-state index contributed by atoms with van der Waals surface area (Å²) in [5.74, 6) is 0.642. The van der Waals surface area contributed by atoms with Crippen molar-refractivity contribution < 1.29 is 14.9 Å². The molecule has 1 fully saturated rings. The Morgan fingerprint density at radius 2 is 1.49 bits per heavy atom. The van der Waals surface area contributed by atoms with Crippen LogP contribution in [0, 0.1) is 0 Å². The van der Waals surface area contributed by atoms with E-state index in [9.17, 15) is 10.2 Å². The van der Waals surface area contributed by atoms with Crippen LogP contribution in [0.3, 0.4) is 0 Å². The maximum Gasteiger partial charge on any atom is 0.238 e. The number of para-hydroxylation sites is 1. The zero-order valence-corrected chi connectivity index (χ0v) is 19.8. The van der Waals surface area contributed by atoms with Crippen LogP contribution in [0.2, 0.25) is 0 Å². The first-order valence-corrected chi connectivity index (χ1v) is 12.2. The first-order chi connectivity index (χ1) is 17.2. The number of aliphatic hydroxyl groups excluding tert-OH is 1. The summed E-state index contributed by atoms with van der Waals surface area (Å²) >= 11 is 0. The summed E-state index contributed by atoms with van der Waals surface area (Å²) in [4.78, 5) is 9.51. The van der Waals surface area contributed by atoms with Crippen molar-refractivity contribution in [1.82, 2.24) is 9.88 Å². The molecule has 0 saturated carbocycles. The number of hydrogen-bond donors (Lipinski definition) is 2. The molecule has 35 heavy (non-hydrogen) atoms. The van der Waals surface area contributed by atoms with E-state index in [-0.39, 0.29) is 18.4 Å². The lowest BCUT2D eigenvalue weighted by Gasteiger charge is -2.41. The fourth-order valence-corrected chi connectivity index (χ4v) is 4.83. The Labute approximate surface area is 206 Å². The van der Waals surface area contributed by atoms with Gasteiger partial charge in [0, 0.05) is 44.6 Å². The van der Waals surface area contributed by atoms with Gasteiger partial charge in [0.1, 0.15) is 17.0 Å². The van der Waals surface area contributed by atoms with Crippen molar-refractivity contribution in [2.24, 2.45) is 0 Å². The number of benzene rings is 3. The van der Waals surface area contributed by atoms with Crippen molar-refractivity contribution in [3.05, 3.63) is 96.1 Å². The number of phenolic OH excluding ortho intramolecular Hbond substituents is 1. The van der Waals surface area contributed by atoms with E-state index < -0.39 is 0 Å². The van der Waals surface area contributed by atoms with Gasteiger partial charge in [0.2, 0.25) is 5.88 Å². The third kappa shape index (κ3) is 5.09. The summed E-state index contributed by atoms with van der Waals surface area (Å²) < 4.78 is 5.97. The second-order valence-corrected chi connectivity index (χ2v) is 8.83. The highest BCUT2D eigenvalue weighted by Crippen LogP contribution is 2.36. The summed E-state index contributed by atoms with van der Waals surface area (Å²) in [6.07, 6.45) is 0.531. The van der Waals surface area contributed by atoms with Gasteiger partial charge in [0.15, 0.2) is 0 Å². The highest BCUT2D eigenvalue weighted by Gasteiger charge is 2.28. The summed E-state index contributed by atoms with van der Waals surface area (Å²) in [6.45, 7) is 3.88. The Bertz CT molecular complexity index is 1200. The molecule has 4 aromatic rings. The number of rotatable bonds is 8. The minimum atomic E-state index is 0.0627. The van der Waals surface area contributed by atoms with Crippen LogP contribution >= 0.6 is 0 Å². The zero-order valence-electron chi connectivity index (χ0n) is 19.8. The highest BCUT2D eigenvalue weighted by molar-refractivity contribution is 5.88. The van der Waals surface area contributed by atoms with Crippen LogP contribution in [0.1, 0.15) is 23.6 Å². The number of nitrogens with zero attached hydrogens (tertiary/aromatic N) is 3. The average Bonchev–Trinajstić information content (AvgIpc) is 2.91. The minimum Gasteiger partial charge on any atom is -0.506 e. The van der Waals surface area contributed by atoms with Crippen molar-refractivity contribution in [3.63, 3.8) is 0 Å². The molecular weight excluding hydrogens is 438 g/mol. The van der Waals surface area contributed by atoms with Crippen molar-refractivity contribution in [2.45, 2.75) is 12.5 Å². The highest BCUT2D eigenvalue weighted by atomic mass is 16.5. The van der Waals surface area contributed by atoms with Crippen LogP contribution in [0.4, 0.5) is 5.69 Å². The SMILES string of the molecule is OCCCOc1nc2c(O)cccc2cc1N1CCN(C(c2ccccc2)c2ccccc2)CC1. The molecule has 1 aliphatic rings. The second kappa shape index (κ2) is 10.8. The lowest BCUT2D eigenvalue weighted by Crippen LogP contribution is -2.48. The average molecular weight is 470 g/mol. The normalized spacial score (nSPS) is 14.5. The van der Waals surface area contributed by atoms with Gasteiger partial charge in [-0.15, -0.1) is 0 Å². The van der Waals surface area contributed by atoms with Gasteiger partial charge < -0.3 is 19.8 Å². The number of piperazine rings is 1. The van der Waals surface area contributed by atoms with Crippen LogP contribution in [0.25, 0.3) is 10.9 Å². The summed E-state index contributed by atoms with van der Waals surface area (Å²) in [6, 6.07) is 29.0. The fraction of sp³-hybridized carbons (Fsp3) is 0.276. The maximum atomic E-state index is 10.3. The number of aliphatic hydroxyl groups is 1. The molecular formula is C29H31N3O3. The van der Waals surface area contributed by atoms with Crippen LogP contribution in [-0.4, -0.2) is 59.5 Å². The summed E-state index contributed by atoms with van der Waals surface area (Å²) in [5.41, 5.74) is 4.05. The quantitative estimate of drug-likeness (QED) is 0.367. The van der Waals surface area contributed by atoms with Gasteiger partial charge in [-0.1, -0.05) is 72.8 Å². The molecule has 6 nitrogen and oxygen atoms in total. The Balaban J connectivity index is 1.41. The number of hydrogen-bond acceptors (Lipinski definition) is 6. The molecule has 6 heteroatoms. The van der Waals surface area contributed by atoms with Crippen LogP contribution in [-0.2, 0) is 0 Å². The molecule has 1 saturated heterocycles. The molecule has 0 amide bonds. The van der Waals surface area contributed by atoms with Crippen LogP contribution in [0.5, 0.6) is 11.6 Å². The van der Waals surface area contributed by atoms with Gasteiger partial charge in [-0.2, -0.15) is 0 Å². The van der Waals surface area contributed by atoms with Gasteiger partial charge in [0.05, 0.1) is 12.6 Å². The number of anilines is 1. The molecule has 0 unspecified atom stereocenters. The van der Waals surface area contributed by atoms with E-state index in [4.69, 9.17) is 4.74 Å². The van der Waals surface area contributed by atoms with Gasteiger partial charge in [-0.05, 0) is 23.3 Å². The summed E-state index contributed by atoms with van der Waals surface area (Å²) in [5, 5.41) is 20.4. The van der Waals surface area contributed by atoms with Crippen LogP contribution in [0.15, 0.2) is 84.9 Å². The topological polar surface area (TPSA) is 69.1 Å². The minimum absolute atomic E-state index is 0.0627. The third-order valence-electron chi connectivity index (χ3n) is 6.56. The molecule has 2 heterocycles. The number of ether oxygens (including phenoxy) is 1. The van der Waals surface area contributed by atoms with Gasteiger partial charge in [0.25, 0.3) is 0 Å². The predicted octanol–water partition coefficient (Wildman–Crippen LogP) is 4.61. The van der Waals surface area contributed by atoms with Crippen molar-refractivity contribution in [1.29, 1.82) is 0 Å². The molecule has 3 aromatic carbocycles. The Morgan fingerprint density at radius 1 is 0.829 bits per heavy atom. The fourth-order valence-electron chi connectivity index (χ4n) is 4.83. The predicted molar refractivity (Wildman–Crippen MR) is 139 cm³/mol. The molecule has 2 N–H and O–H groups in total.